The van der Waals surface area contributed by atoms with Gasteiger partial charge in [-0.2, -0.15) is 0 Å². The minimum atomic E-state index is -3.49. The van der Waals surface area contributed by atoms with Crippen LogP contribution in [-0.2, 0) is 32.9 Å². The van der Waals surface area contributed by atoms with Crippen LogP contribution in [0.4, 0.5) is 5.69 Å². The van der Waals surface area contributed by atoms with Gasteiger partial charge in [-0.25, -0.2) is 13.2 Å². The van der Waals surface area contributed by atoms with E-state index >= 15 is 0 Å². The zero-order chi connectivity index (χ0) is 35.0. The number of hydrogen-bond acceptors (Lipinski definition) is 7. The first-order valence-electron chi connectivity index (χ1n) is 17.7. The van der Waals surface area contributed by atoms with Crippen LogP contribution in [0, 0.1) is 11.8 Å². The van der Waals surface area contributed by atoms with E-state index in [-0.39, 0.29) is 23.0 Å². The molecule has 0 amide bonds. The van der Waals surface area contributed by atoms with Gasteiger partial charge >= 0.3 is 5.97 Å². The zero-order valence-electron chi connectivity index (χ0n) is 29.2. The molecule has 2 aromatic carbocycles. The Labute approximate surface area is 296 Å². The topological polar surface area (TPSA) is 109 Å². The summed E-state index contributed by atoms with van der Waals surface area (Å²) >= 11 is 6.26. The molecule has 0 aliphatic heterocycles. The third-order valence-corrected chi connectivity index (χ3v) is 13.4. The first-order chi connectivity index (χ1) is 23.3. The molecule has 3 aromatic rings. The number of anilines is 1. The zero-order valence-corrected chi connectivity index (χ0v) is 30.7. The molecule has 0 saturated heterocycles. The number of rotatable bonds is 12. The number of halogens is 1. The molecule has 49 heavy (non-hydrogen) atoms. The Morgan fingerprint density at radius 1 is 1.14 bits per heavy atom. The molecule has 10 heteroatoms. The summed E-state index contributed by atoms with van der Waals surface area (Å²) in [6.07, 6.45) is 8.96. The standard InChI is InChI=1S/C39H50ClN3O5S/c1-26(25-48-35-13-18-41-34-10-5-7-27(2)36(34)35)21-29-22-28-11-12-32(49(46,47)20-19-43(3)4)24-33(28)38(29)14-16-39(17-15-38,37(44)45)42-31-9-6-8-30(40)23-31/h6,8-9,11-13,18,23-24,26-27,29,42H,5,7,10,14-17,19-22,25H2,1-4H3,(H,44,45)/t26-,27-,29+,38?,39?/m1/s1. The van der Waals surface area contributed by atoms with Crippen LogP contribution in [0.25, 0.3) is 0 Å². The normalized spacial score (nSPS) is 25.5. The van der Waals surface area contributed by atoms with Crippen molar-refractivity contribution in [2.45, 2.75) is 93.4 Å². The number of carboxylic acid groups (broad SMARTS) is 1. The number of nitrogens with one attached hydrogen (secondary N) is 1. The van der Waals surface area contributed by atoms with Gasteiger partial charge in [-0.3, -0.25) is 4.98 Å². The number of benzene rings is 2. The highest BCUT2D eigenvalue weighted by molar-refractivity contribution is 7.91. The molecule has 1 spiro atoms. The van der Waals surface area contributed by atoms with Crippen LogP contribution in [0.15, 0.2) is 59.6 Å². The summed E-state index contributed by atoms with van der Waals surface area (Å²) in [6.45, 7) is 5.51. The Hall–Kier alpha value is -3.14. The van der Waals surface area contributed by atoms with Gasteiger partial charge in [-0.1, -0.05) is 37.6 Å². The number of carboxylic acids is 1. The highest BCUT2D eigenvalue weighted by Gasteiger charge is 2.54. The van der Waals surface area contributed by atoms with Gasteiger partial charge in [-0.05, 0) is 143 Å². The third-order valence-electron chi connectivity index (χ3n) is 11.4. The number of aryl methyl sites for hydroxylation is 1. The second kappa shape index (κ2) is 14.2. The maximum Gasteiger partial charge on any atom is 0.329 e. The molecule has 1 fully saturated rings. The van der Waals surface area contributed by atoms with E-state index in [4.69, 9.17) is 16.3 Å². The lowest BCUT2D eigenvalue weighted by Gasteiger charge is -2.47. The van der Waals surface area contributed by atoms with Crippen LogP contribution in [0.3, 0.4) is 0 Å². The molecular weight excluding hydrogens is 658 g/mol. The first kappa shape index (κ1) is 35.7. The molecule has 2 N–H and O–H groups in total. The summed E-state index contributed by atoms with van der Waals surface area (Å²) in [5.74, 6) is 0.996. The van der Waals surface area contributed by atoms with E-state index in [1.807, 2.05) is 55.5 Å². The largest absolute Gasteiger partial charge is 0.493 e. The van der Waals surface area contributed by atoms with Crippen molar-refractivity contribution in [2.75, 3.05) is 38.3 Å². The quantitative estimate of drug-likeness (QED) is 0.199. The van der Waals surface area contributed by atoms with Gasteiger partial charge in [0.1, 0.15) is 11.3 Å². The molecule has 1 saturated carbocycles. The molecule has 264 valence electrons. The van der Waals surface area contributed by atoms with Crippen molar-refractivity contribution in [2.24, 2.45) is 11.8 Å². The summed E-state index contributed by atoms with van der Waals surface area (Å²) in [6, 6.07) is 14.9. The number of aliphatic carboxylic acids is 1. The molecule has 3 aliphatic carbocycles. The van der Waals surface area contributed by atoms with Gasteiger partial charge in [0, 0.05) is 34.7 Å². The summed E-state index contributed by atoms with van der Waals surface area (Å²) in [4.78, 5) is 19.8. The number of nitrogens with zero attached hydrogens (tertiary/aromatic N) is 2. The highest BCUT2D eigenvalue weighted by Crippen LogP contribution is 2.56. The van der Waals surface area contributed by atoms with E-state index in [9.17, 15) is 18.3 Å². The van der Waals surface area contributed by atoms with Gasteiger partial charge in [0.15, 0.2) is 9.84 Å². The molecule has 1 aromatic heterocycles. The number of carbonyl (C=O) groups is 1. The average molecular weight is 708 g/mol. The number of fused-ring (bicyclic) bond motifs is 3. The van der Waals surface area contributed by atoms with E-state index in [0.717, 1.165) is 49.1 Å². The monoisotopic (exact) mass is 707 g/mol. The Kier molecular flexibility index (Phi) is 10.4. The fourth-order valence-corrected chi connectivity index (χ4v) is 10.3. The number of aromatic nitrogens is 1. The fraction of sp³-hybridized carbons (Fsp3) is 0.538. The second-order valence-corrected chi connectivity index (χ2v) is 17.7. The molecule has 6 rings (SSSR count). The molecule has 0 bridgehead atoms. The van der Waals surface area contributed by atoms with Crippen molar-refractivity contribution in [3.05, 3.63) is 82.1 Å². The first-order valence-corrected chi connectivity index (χ1v) is 19.7. The van der Waals surface area contributed by atoms with Gasteiger partial charge in [0.25, 0.3) is 0 Å². The Balaban J connectivity index is 1.27. The van der Waals surface area contributed by atoms with Gasteiger partial charge < -0.3 is 20.1 Å². The maximum absolute atomic E-state index is 13.5. The van der Waals surface area contributed by atoms with Crippen LogP contribution in [0.2, 0.25) is 5.02 Å². The Bertz CT molecular complexity index is 1790. The van der Waals surface area contributed by atoms with Crippen molar-refractivity contribution < 1.29 is 23.1 Å². The lowest BCUT2D eigenvalue weighted by Crippen LogP contribution is -2.53. The van der Waals surface area contributed by atoms with Crippen molar-refractivity contribution in [3.63, 3.8) is 0 Å². The smallest absolute Gasteiger partial charge is 0.329 e. The Morgan fingerprint density at radius 3 is 2.63 bits per heavy atom. The second-order valence-electron chi connectivity index (χ2n) is 15.1. The minimum absolute atomic E-state index is 0.0482. The summed E-state index contributed by atoms with van der Waals surface area (Å²) in [5.41, 5.74) is 3.85. The molecular formula is C39H50ClN3O5S. The van der Waals surface area contributed by atoms with Crippen LogP contribution >= 0.6 is 11.6 Å². The highest BCUT2D eigenvalue weighted by atomic mass is 35.5. The maximum atomic E-state index is 13.5. The predicted octanol–water partition coefficient (Wildman–Crippen LogP) is 7.53. The van der Waals surface area contributed by atoms with Gasteiger partial charge in [0.2, 0.25) is 0 Å². The van der Waals surface area contributed by atoms with Gasteiger partial charge in [0.05, 0.1) is 17.3 Å². The summed E-state index contributed by atoms with van der Waals surface area (Å²) < 4.78 is 33.5. The molecule has 0 radical (unpaired) electrons. The predicted molar refractivity (Wildman–Crippen MR) is 195 cm³/mol. The third kappa shape index (κ3) is 7.35. The van der Waals surface area contributed by atoms with Crippen LogP contribution in [-0.4, -0.2) is 67.9 Å². The SMILES string of the molecule is C[C@@H](COc1ccnc2c1[C@H](C)CCC2)C[C@H]1Cc2ccc(S(=O)(=O)CCN(C)C)cc2C12CCC(Nc1cccc(Cl)c1)(C(=O)O)CC2. The van der Waals surface area contributed by atoms with Crippen molar-refractivity contribution in [1.29, 1.82) is 0 Å². The lowest BCUT2D eigenvalue weighted by atomic mass is 9.59. The number of sulfone groups is 1. The van der Waals surface area contributed by atoms with E-state index in [0.29, 0.717) is 60.4 Å². The average Bonchev–Trinajstić information content (AvgIpc) is 3.35. The van der Waals surface area contributed by atoms with E-state index in [1.165, 1.54) is 11.1 Å². The van der Waals surface area contributed by atoms with Crippen LogP contribution < -0.4 is 10.1 Å². The van der Waals surface area contributed by atoms with E-state index in [1.54, 1.807) is 18.2 Å². The van der Waals surface area contributed by atoms with Crippen molar-refractivity contribution in [3.8, 4) is 5.75 Å². The summed E-state index contributed by atoms with van der Waals surface area (Å²) in [5, 5.41) is 14.5. The minimum Gasteiger partial charge on any atom is -0.493 e. The Morgan fingerprint density at radius 2 is 1.92 bits per heavy atom. The molecule has 8 nitrogen and oxygen atoms in total. The van der Waals surface area contributed by atoms with Gasteiger partial charge in [-0.15, -0.1) is 0 Å². The van der Waals surface area contributed by atoms with E-state index < -0.39 is 21.3 Å². The molecule has 1 heterocycles. The molecule has 3 atom stereocenters. The van der Waals surface area contributed by atoms with Crippen molar-refractivity contribution in [1.82, 2.24) is 9.88 Å². The molecule has 0 unspecified atom stereocenters. The number of pyridine rings is 1. The lowest BCUT2D eigenvalue weighted by molar-refractivity contribution is -0.144. The van der Waals surface area contributed by atoms with Crippen LogP contribution in [0.5, 0.6) is 5.75 Å². The van der Waals surface area contributed by atoms with E-state index in [2.05, 4.69) is 24.1 Å². The summed E-state index contributed by atoms with van der Waals surface area (Å²) in [7, 11) is 0.261. The number of hydrogen-bond donors (Lipinski definition) is 2. The van der Waals surface area contributed by atoms with Crippen LogP contribution in [0.1, 0.15) is 87.1 Å². The molecule has 3 aliphatic rings. The number of ether oxygens (including phenoxy) is 1. The van der Waals surface area contributed by atoms with Crippen molar-refractivity contribution >= 4 is 33.1 Å². The fourth-order valence-electron chi connectivity index (χ4n) is 8.69.